The zero-order chi connectivity index (χ0) is 7.14. The van der Waals surface area contributed by atoms with Crippen molar-refractivity contribution >= 4 is 0 Å². The van der Waals surface area contributed by atoms with Crippen LogP contribution in [0.2, 0.25) is 0 Å². The van der Waals surface area contributed by atoms with Crippen LogP contribution in [0.4, 0.5) is 0 Å². The van der Waals surface area contributed by atoms with Gasteiger partial charge in [0.1, 0.15) is 0 Å². The first-order valence-corrected chi connectivity index (χ1v) is 4.79. The Kier molecular flexibility index (Phi) is 1.51. The molecule has 0 bridgehead atoms. The smallest absolute Gasteiger partial charge is 0.0357 e. The van der Waals surface area contributed by atoms with Crippen LogP contribution in [0.3, 0.4) is 0 Å². The fourth-order valence-corrected chi connectivity index (χ4v) is 3.18. The van der Waals surface area contributed by atoms with E-state index in [9.17, 15) is 0 Å². The predicted octanol–water partition coefficient (Wildman–Crippen LogP) is 3.08. The molecular formula is C10H18. The fourth-order valence-electron chi connectivity index (χ4n) is 3.18. The summed E-state index contributed by atoms with van der Waals surface area (Å²) in [7, 11) is 0. The second kappa shape index (κ2) is 2.25. The van der Waals surface area contributed by atoms with Crippen molar-refractivity contribution in [2.24, 2.45) is 23.7 Å². The second-order valence-corrected chi connectivity index (χ2v) is 4.44. The van der Waals surface area contributed by atoms with E-state index in [1.54, 1.807) is 0 Å². The average molecular weight is 138 g/mol. The molecule has 0 nitrogen and oxygen atoms in total. The molecule has 0 aromatic heterocycles. The van der Waals surface area contributed by atoms with Gasteiger partial charge in [0.15, 0.2) is 0 Å². The van der Waals surface area contributed by atoms with Crippen LogP contribution in [0.25, 0.3) is 0 Å². The topological polar surface area (TPSA) is 0 Å². The molecule has 0 aliphatic heterocycles. The first-order valence-electron chi connectivity index (χ1n) is 4.79. The molecular weight excluding hydrogens is 120 g/mol. The average Bonchev–Trinajstić information content (AvgIpc) is 2.41. The van der Waals surface area contributed by atoms with Gasteiger partial charge in [0.2, 0.25) is 0 Å². The molecule has 0 N–H and O–H groups in total. The molecule has 2 saturated carbocycles. The Morgan fingerprint density at radius 3 is 1.50 bits per heavy atom. The van der Waals surface area contributed by atoms with Crippen LogP contribution in [0.15, 0.2) is 0 Å². The summed E-state index contributed by atoms with van der Waals surface area (Å²) in [5, 5.41) is 0. The van der Waals surface area contributed by atoms with Crippen molar-refractivity contribution < 1.29 is 0 Å². The molecule has 2 rings (SSSR count). The first kappa shape index (κ1) is 6.69. The normalized spacial score (nSPS) is 53.4. The highest BCUT2D eigenvalue weighted by molar-refractivity contribution is 4.90. The molecule has 10 heavy (non-hydrogen) atoms. The predicted molar refractivity (Wildman–Crippen MR) is 43.8 cm³/mol. The van der Waals surface area contributed by atoms with E-state index in [1.165, 1.54) is 25.7 Å². The second-order valence-electron chi connectivity index (χ2n) is 4.44. The lowest BCUT2D eigenvalue weighted by Crippen LogP contribution is -2.08. The van der Waals surface area contributed by atoms with Crippen LogP contribution in [0.1, 0.15) is 39.5 Å². The van der Waals surface area contributed by atoms with E-state index >= 15 is 0 Å². The lowest BCUT2D eigenvalue weighted by atomic mass is 9.91. The zero-order valence-corrected chi connectivity index (χ0v) is 7.14. The maximum absolute atomic E-state index is 2.45. The van der Waals surface area contributed by atoms with Crippen molar-refractivity contribution in [3.8, 4) is 0 Å². The van der Waals surface area contributed by atoms with Crippen LogP contribution in [0, 0.1) is 23.7 Å². The molecule has 0 amide bonds. The molecule has 0 radical (unpaired) electrons. The summed E-state index contributed by atoms with van der Waals surface area (Å²) in [6.45, 7) is 4.89. The van der Waals surface area contributed by atoms with E-state index in [0.717, 1.165) is 23.7 Å². The van der Waals surface area contributed by atoms with Gasteiger partial charge < -0.3 is 0 Å². The Morgan fingerprint density at radius 2 is 1.10 bits per heavy atom. The van der Waals surface area contributed by atoms with Gasteiger partial charge in [-0.05, 0) is 36.5 Å². The third kappa shape index (κ3) is 0.810. The maximum Gasteiger partial charge on any atom is -0.0357 e. The maximum atomic E-state index is 2.45. The number of rotatable bonds is 0. The Balaban J connectivity index is 2.09. The summed E-state index contributed by atoms with van der Waals surface area (Å²) in [6.07, 6.45) is 6.10. The monoisotopic (exact) mass is 138 g/mol. The summed E-state index contributed by atoms with van der Waals surface area (Å²) >= 11 is 0. The summed E-state index contributed by atoms with van der Waals surface area (Å²) in [5.41, 5.74) is 0. The van der Waals surface area contributed by atoms with E-state index < -0.39 is 0 Å². The molecule has 58 valence electrons. The molecule has 0 heterocycles. The standard InChI is InChI=1S/C10H18/c1-7-3-5-10-8(2)4-6-9(7)10/h7-10H,3-6H2,1-2H3/t7-,8+,9?,10?. The first-order chi connectivity index (χ1) is 4.79. The van der Waals surface area contributed by atoms with E-state index in [4.69, 9.17) is 0 Å². The van der Waals surface area contributed by atoms with Gasteiger partial charge in [0.25, 0.3) is 0 Å². The third-order valence-corrected chi connectivity index (χ3v) is 3.92. The minimum Gasteiger partial charge on any atom is -0.0622 e. The van der Waals surface area contributed by atoms with Crippen LogP contribution < -0.4 is 0 Å². The minimum atomic E-state index is 1.05. The SMILES string of the molecule is C[C@@H]1CCC2C1CC[C@@H]2C. The van der Waals surface area contributed by atoms with Gasteiger partial charge in [0.05, 0.1) is 0 Å². The lowest BCUT2D eigenvalue weighted by Gasteiger charge is -2.15. The van der Waals surface area contributed by atoms with Gasteiger partial charge >= 0.3 is 0 Å². The van der Waals surface area contributed by atoms with Crippen molar-refractivity contribution in [1.29, 1.82) is 0 Å². The highest BCUT2D eigenvalue weighted by Gasteiger charge is 2.40. The fraction of sp³-hybridized carbons (Fsp3) is 1.00. The number of fused-ring (bicyclic) bond motifs is 1. The van der Waals surface area contributed by atoms with E-state index in [2.05, 4.69) is 13.8 Å². The summed E-state index contributed by atoms with van der Waals surface area (Å²) in [6, 6.07) is 0. The molecule has 2 fully saturated rings. The quantitative estimate of drug-likeness (QED) is 0.482. The third-order valence-electron chi connectivity index (χ3n) is 3.92. The Labute approximate surface area is 64.0 Å². The van der Waals surface area contributed by atoms with Crippen molar-refractivity contribution in [1.82, 2.24) is 0 Å². The summed E-state index contributed by atoms with van der Waals surface area (Å²) in [5.74, 6) is 4.34. The molecule has 0 heteroatoms. The Hall–Kier alpha value is 0. The Morgan fingerprint density at radius 1 is 0.700 bits per heavy atom. The van der Waals surface area contributed by atoms with Crippen LogP contribution in [-0.4, -0.2) is 0 Å². The van der Waals surface area contributed by atoms with Gasteiger partial charge in [-0.25, -0.2) is 0 Å². The van der Waals surface area contributed by atoms with Crippen molar-refractivity contribution in [2.45, 2.75) is 39.5 Å². The molecule has 4 atom stereocenters. The van der Waals surface area contributed by atoms with Gasteiger partial charge in [-0.1, -0.05) is 26.7 Å². The minimum absolute atomic E-state index is 1.05. The lowest BCUT2D eigenvalue weighted by molar-refractivity contribution is 0.339. The molecule has 2 unspecified atom stereocenters. The summed E-state index contributed by atoms with van der Waals surface area (Å²) in [4.78, 5) is 0. The van der Waals surface area contributed by atoms with Crippen molar-refractivity contribution in [3.05, 3.63) is 0 Å². The molecule has 0 aromatic carbocycles. The van der Waals surface area contributed by atoms with E-state index in [0.29, 0.717) is 0 Å². The van der Waals surface area contributed by atoms with E-state index in [1.807, 2.05) is 0 Å². The van der Waals surface area contributed by atoms with Crippen molar-refractivity contribution in [2.75, 3.05) is 0 Å². The highest BCUT2D eigenvalue weighted by Crippen LogP contribution is 2.50. The van der Waals surface area contributed by atoms with Crippen LogP contribution in [-0.2, 0) is 0 Å². The molecule has 0 spiro atoms. The van der Waals surface area contributed by atoms with Gasteiger partial charge in [-0.2, -0.15) is 0 Å². The van der Waals surface area contributed by atoms with Crippen LogP contribution >= 0.6 is 0 Å². The van der Waals surface area contributed by atoms with Gasteiger partial charge in [-0.3, -0.25) is 0 Å². The molecule has 0 saturated heterocycles. The Bertz CT molecular complexity index is 112. The highest BCUT2D eigenvalue weighted by atomic mass is 14.5. The van der Waals surface area contributed by atoms with Gasteiger partial charge in [0, 0.05) is 0 Å². The summed E-state index contributed by atoms with van der Waals surface area (Å²) < 4.78 is 0. The largest absolute Gasteiger partial charge is 0.0622 e. The van der Waals surface area contributed by atoms with Crippen molar-refractivity contribution in [3.63, 3.8) is 0 Å². The number of hydrogen-bond donors (Lipinski definition) is 0. The molecule has 0 aromatic rings. The van der Waals surface area contributed by atoms with Crippen LogP contribution in [0.5, 0.6) is 0 Å². The van der Waals surface area contributed by atoms with E-state index in [-0.39, 0.29) is 0 Å². The van der Waals surface area contributed by atoms with Gasteiger partial charge in [-0.15, -0.1) is 0 Å². The molecule has 2 aliphatic rings. The zero-order valence-electron chi connectivity index (χ0n) is 7.14. The number of hydrogen-bond acceptors (Lipinski definition) is 0. The molecule has 2 aliphatic carbocycles.